The zero-order chi connectivity index (χ0) is 9.36. The summed E-state index contributed by atoms with van der Waals surface area (Å²) < 4.78 is 5.40. The van der Waals surface area contributed by atoms with Crippen LogP contribution in [0.4, 0.5) is 0 Å². The molecule has 1 heterocycles. The van der Waals surface area contributed by atoms with E-state index in [2.05, 4.69) is 24.0 Å². The Morgan fingerprint density at radius 1 is 1.46 bits per heavy atom. The van der Waals surface area contributed by atoms with Gasteiger partial charge < -0.3 is 10.1 Å². The molecule has 1 aliphatic heterocycles. The SMILES string of the molecule is CCCOCCNC1CCCSC1. The summed E-state index contributed by atoms with van der Waals surface area (Å²) in [6.07, 6.45) is 3.85. The molecule has 1 fully saturated rings. The van der Waals surface area contributed by atoms with Gasteiger partial charge in [0.05, 0.1) is 6.61 Å². The summed E-state index contributed by atoms with van der Waals surface area (Å²) in [5, 5.41) is 3.53. The molecule has 1 atom stereocenters. The van der Waals surface area contributed by atoms with Gasteiger partial charge >= 0.3 is 0 Å². The van der Waals surface area contributed by atoms with Gasteiger partial charge in [-0.25, -0.2) is 0 Å². The highest BCUT2D eigenvalue weighted by Crippen LogP contribution is 2.16. The molecule has 0 aromatic rings. The summed E-state index contributed by atoms with van der Waals surface area (Å²) in [7, 11) is 0. The van der Waals surface area contributed by atoms with Crippen LogP contribution in [0.15, 0.2) is 0 Å². The van der Waals surface area contributed by atoms with E-state index in [-0.39, 0.29) is 0 Å². The monoisotopic (exact) mass is 203 g/mol. The van der Waals surface area contributed by atoms with Crippen molar-refractivity contribution in [3.63, 3.8) is 0 Å². The standard InChI is InChI=1S/C10H21NOS/c1-2-6-12-7-5-11-10-4-3-8-13-9-10/h10-11H,2-9H2,1H3. The molecule has 13 heavy (non-hydrogen) atoms. The Bertz CT molecular complexity index is 115. The normalized spacial score (nSPS) is 23.3. The molecule has 0 spiro atoms. The van der Waals surface area contributed by atoms with E-state index in [1.54, 1.807) is 0 Å². The molecule has 1 aliphatic rings. The Morgan fingerprint density at radius 3 is 3.08 bits per heavy atom. The van der Waals surface area contributed by atoms with Gasteiger partial charge in [-0.1, -0.05) is 6.92 Å². The minimum absolute atomic E-state index is 0.740. The molecule has 0 aliphatic carbocycles. The average molecular weight is 203 g/mol. The molecular weight excluding hydrogens is 182 g/mol. The molecular formula is C10H21NOS. The Labute approximate surface area is 85.8 Å². The summed E-state index contributed by atoms with van der Waals surface area (Å²) in [6.45, 7) is 4.94. The number of thioether (sulfide) groups is 1. The molecule has 0 radical (unpaired) electrons. The van der Waals surface area contributed by atoms with Gasteiger partial charge in [-0.05, 0) is 25.0 Å². The van der Waals surface area contributed by atoms with E-state index in [1.807, 2.05) is 0 Å². The van der Waals surface area contributed by atoms with Crippen LogP contribution in [0.3, 0.4) is 0 Å². The van der Waals surface area contributed by atoms with Crippen LogP contribution in [0, 0.1) is 0 Å². The fourth-order valence-electron chi connectivity index (χ4n) is 1.48. The van der Waals surface area contributed by atoms with Crippen LogP contribution >= 0.6 is 11.8 Å². The van der Waals surface area contributed by atoms with Crippen molar-refractivity contribution in [1.29, 1.82) is 0 Å². The number of hydrogen-bond donors (Lipinski definition) is 1. The lowest BCUT2D eigenvalue weighted by molar-refractivity contribution is 0.134. The maximum atomic E-state index is 5.40. The zero-order valence-corrected chi connectivity index (χ0v) is 9.37. The maximum absolute atomic E-state index is 5.40. The lowest BCUT2D eigenvalue weighted by atomic mass is 10.2. The van der Waals surface area contributed by atoms with Gasteiger partial charge in [-0.15, -0.1) is 0 Å². The largest absolute Gasteiger partial charge is 0.380 e. The van der Waals surface area contributed by atoms with Crippen molar-refractivity contribution in [2.45, 2.75) is 32.2 Å². The van der Waals surface area contributed by atoms with Crippen molar-refractivity contribution in [3.8, 4) is 0 Å². The predicted molar refractivity (Wildman–Crippen MR) is 59.5 cm³/mol. The van der Waals surface area contributed by atoms with Crippen molar-refractivity contribution in [1.82, 2.24) is 5.32 Å². The molecule has 0 aromatic heterocycles. The van der Waals surface area contributed by atoms with Crippen molar-refractivity contribution in [2.24, 2.45) is 0 Å². The molecule has 1 N–H and O–H groups in total. The zero-order valence-electron chi connectivity index (χ0n) is 8.55. The molecule has 1 saturated heterocycles. The van der Waals surface area contributed by atoms with E-state index in [9.17, 15) is 0 Å². The fraction of sp³-hybridized carbons (Fsp3) is 1.00. The van der Waals surface area contributed by atoms with E-state index < -0.39 is 0 Å². The first-order valence-electron chi connectivity index (χ1n) is 5.32. The van der Waals surface area contributed by atoms with Crippen LogP contribution < -0.4 is 5.32 Å². The lowest BCUT2D eigenvalue weighted by Gasteiger charge is -2.22. The van der Waals surface area contributed by atoms with Crippen LogP contribution in [0.1, 0.15) is 26.2 Å². The van der Waals surface area contributed by atoms with Gasteiger partial charge in [0.2, 0.25) is 0 Å². The molecule has 2 nitrogen and oxygen atoms in total. The number of ether oxygens (including phenoxy) is 1. The first kappa shape index (κ1) is 11.3. The van der Waals surface area contributed by atoms with Gasteiger partial charge in [0.25, 0.3) is 0 Å². The van der Waals surface area contributed by atoms with Crippen molar-refractivity contribution in [2.75, 3.05) is 31.3 Å². The molecule has 0 aromatic carbocycles. The quantitative estimate of drug-likeness (QED) is 0.666. The molecule has 0 bridgehead atoms. The highest BCUT2D eigenvalue weighted by molar-refractivity contribution is 7.99. The van der Waals surface area contributed by atoms with Crippen LogP contribution in [-0.4, -0.2) is 37.3 Å². The number of rotatable bonds is 6. The van der Waals surface area contributed by atoms with Crippen LogP contribution in [0.5, 0.6) is 0 Å². The molecule has 1 unspecified atom stereocenters. The van der Waals surface area contributed by atoms with Gasteiger partial charge in [-0.2, -0.15) is 11.8 Å². The summed E-state index contributed by atoms with van der Waals surface area (Å²) in [5.74, 6) is 2.64. The first-order chi connectivity index (χ1) is 6.43. The minimum Gasteiger partial charge on any atom is -0.380 e. The average Bonchev–Trinajstić information content (AvgIpc) is 2.19. The Balaban J connectivity index is 1.86. The molecule has 3 heteroatoms. The summed E-state index contributed by atoms with van der Waals surface area (Å²) >= 11 is 2.07. The van der Waals surface area contributed by atoms with E-state index >= 15 is 0 Å². The minimum atomic E-state index is 0.740. The second-order valence-corrected chi connectivity index (χ2v) is 4.63. The highest BCUT2D eigenvalue weighted by atomic mass is 32.2. The molecule has 78 valence electrons. The second kappa shape index (κ2) is 7.65. The molecule has 0 amide bonds. The number of nitrogens with one attached hydrogen (secondary N) is 1. The van der Waals surface area contributed by atoms with Crippen LogP contribution in [0.25, 0.3) is 0 Å². The van der Waals surface area contributed by atoms with Gasteiger partial charge in [0.1, 0.15) is 0 Å². The third-order valence-corrected chi connectivity index (χ3v) is 3.40. The van der Waals surface area contributed by atoms with E-state index in [4.69, 9.17) is 4.74 Å². The maximum Gasteiger partial charge on any atom is 0.0591 e. The molecule has 1 rings (SSSR count). The van der Waals surface area contributed by atoms with Gasteiger partial charge in [-0.3, -0.25) is 0 Å². The lowest BCUT2D eigenvalue weighted by Crippen LogP contribution is -2.35. The number of hydrogen-bond acceptors (Lipinski definition) is 3. The Hall–Kier alpha value is 0.270. The van der Waals surface area contributed by atoms with Crippen LogP contribution in [0.2, 0.25) is 0 Å². The summed E-state index contributed by atoms with van der Waals surface area (Å²) in [5.41, 5.74) is 0. The topological polar surface area (TPSA) is 21.3 Å². The summed E-state index contributed by atoms with van der Waals surface area (Å²) in [6, 6.07) is 0.740. The second-order valence-electron chi connectivity index (χ2n) is 3.48. The molecule has 0 saturated carbocycles. The highest BCUT2D eigenvalue weighted by Gasteiger charge is 2.11. The van der Waals surface area contributed by atoms with Gasteiger partial charge in [0.15, 0.2) is 0 Å². The third kappa shape index (κ3) is 5.55. The van der Waals surface area contributed by atoms with Crippen molar-refractivity contribution >= 4 is 11.8 Å². The predicted octanol–water partition coefficient (Wildman–Crippen LogP) is 1.90. The third-order valence-electron chi connectivity index (χ3n) is 2.19. The van der Waals surface area contributed by atoms with Crippen molar-refractivity contribution < 1.29 is 4.74 Å². The summed E-state index contributed by atoms with van der Waals surface area (Å²) in [4.78, 5) is 0. The van der Waals surface area contributed by atoms with E-state index in [1.165, 1.54) is 24.3 Å². The first-order valence-corrected chi connectivity index (χ1v) is 6.48. The van der Waals surface area contributed by atoms with Crippen molar-refractivity contribution in [3.05, 3.63) is 0 Å². The Kier molecular flexibility index (Phi) is 6.68. The van der Waals surface area contributed by atoms with Crippen LogP contribution in [-0.2, 0) is 4.74 Å². The van der Waals surface area contributed by atoms with Gasteiger partial charge in [0, 0.05) is 24.9 Å². The smallest absolute Gasteiger partial charge is 0.0591 e. The van der Waals surface area contributed by atoms with E-state index in [0.717, 1.165) is 32.2 Å². The van der Waals surface area contributed by atoms with E-state index in [0.29, 0.717) is 0 Å². The Morgan fingerprint density at radius 2 is 2.38 bits per heavy atom. The fourth-order valence-corrected chi connectivity index (χ4v) is 2.59.